The van der Waals surface area contributed by atoms with Gasteiger partial charge in [0.25, 0.3) is 5.91 Å². The molecule has 0 saturated carbocycles. The minimum atomic E-state index is -1.24. The van der Waals surface area contributed by atoms with Gasteiger partial charge in [-0.15, -0.1) is 0 Å². The number of halogens is 1. The van der Waals surface area contributed by atoms with Gasteiger partial charge in [0.2, 0.25) is 5.91 Å². The van der Waals surface area contributed by atoms with E-state index in [9.17, 15) is 14.4 Å². The molecule has 0 spiro atoms. The van der Waals surface area contributed by atoms with E-state index in [-0.39, 0.29) is 11.3 Å². The van der Waals surface area contributed by atoms with Gasteiger partial charge in [-0.2, -0.15) is 0 Å². The van der Waals surface area contributed by atoms with Crippen LogP contribution < -0.4 is 10.6 Å². The third-order valence-corrected chi connectivity index (χ3v) is 2.62. The number of carboxylic acid groups (broad SMARTS) is 1. The summed E-state index contributed by atoms with van der Waals surface area (Å²) < 4.78 is 0. The van der Waals surface area contributed by atoms with Crippen molar-refractivity contribution in [1.29, 1.82) is 0 Å². The van der Waals surface area contributed by atoms with Gasteiger partial charge in [0, 0.05) is 24.2 Å². The van der Waals surface area contributed by atoms with Crippen molar-refractivity contribution < 1.29 is 19.5 Å². The highest BCUT2D eigenvalue weighted by molar-refractivity contribution is 6.31. The monoisotopic (exact) mass is 296 g/mol. The van der Waals surface area contributed by atoms with Crippen LogP contribution in [0.5, 0.6) is 0 Å². The molecular formula is C13H13ClN2O4. The van der Waals surface area contributed by atoms with Crippen LogP contribution in [0.25, 0.3) is 0 Å². The fourth-order valence-electron chi connectivity index (χ4n) is 1.53. The van der Waals surface area contributed by atoms with E-state index in [0.717, 1.165) is 6.08 Å². The van der Waals surface area contributed by atoms with Crippen molar-refractivity contribution in [2.24, 2.45) is 0 Å². The molecule has 20 heavy (non-hydrogen) atoms. The van der Waals surface area contributed by atoms with Crippen LogP contribution in [0, 0.1) is 6.92 Å². The van der Waals surface area contributed by atoms with E-state index in [4.69, 9.17) is 16.7 Å². The summed E-state index contributed by atoms with van der Waals surface area (Å²) in [6.07, 6.45) is 1.57. The van der Waals surface area contributed by atoms with Gasteiger partial charge in [-0.3, -0.25) is 9.59 Å². The predicted octanol–water partition coefficient (Wildman–Crippen LogP) is 1.59. The number of nitrogens with one attached hydrogen (secondary N) is 2. The minimum Gasteiger partial charge on any atom is -0.478 e. The summed E-state index contributed by atoms with van der Waals surface area (Å²) in [4.78, 5) is 33.7. The van der Waals surface area contributed by atoms with Crippen LogP contribution in [0.4, 0.5) is 5.69 Å². The number of rotatable bonds is 4. The van der Waals surface area contributed by atoms with Crippen LogP contribution in [0.3, 0.4) is 0 Å². The standard InChI is InChI=1S/C13H13ClN2O4/c1-7-5-8(14)6-9(13(20)15-2)12(7)16-10(17)3-4-11(18)19/h3-6H,1-2H3,(H,15,20)(H,16,17)(H,18,19)/b4-3-. The molecule has 1 aromatic carbocycles. The molecule has 0 radical (unpaired) electrons. The van der Waals surface area contributed by atoms with Crippen LogP contribution >= 0.6 is 11.6 Å². The van der Waals surface area contributed by atoms with Crippen molar-refractivity contribution in [3.05, 3.63) is 40.4 Å². The maximum Gasteiger partial charge on any atom is 0.328 e. The molecule has 2 amide bonds. The number of anilines is 1. The largest absolute Gasteiger partial charge is 0.478 e. The van der Waals surface area contributed by atoms with E-state index in [1.54, 1.807) is 13.0 Å². The second kappa shape index (κ2) is 6.72. The van der Waals surface area contributed by atoms with Crippen LogP contribution in [-0.4, -0.2) is 29.9 Å². The fraction of sp³-hybridized carbons (Fsp3) is 0.154. The predicted molar refractivity (Wildman–Crippen MR) is 75.0 cm³/mol. The zero-order valence-electron chi connectivity index (χ0n) is 10.9. The number of hydrogen-bond acceptors (Lipinski definition) is 3. The number of aryl methyl sites for hydroxylation is 1. The number of carbonyl (C=O) groups is 3. The molecule has 0 heterocycles. The summed E-state index contributed by atoms with van der Waals surface area (Å²) in [6, 6.07) is 3.01. The average molecular weight is 297 g/mol. The molecule has 0 aromatic heterocycles. The Morgan fingerprint density at radius 1 is 1.25 bits per heavy atom. The maximum absolute atomic E-state index is 11.8. The summed E-state index contributed by atoms with van der Waals surface area (Å²) in [5, 5.41) is 13.7. The van der Waals surface area contributed by atoms with Crippen LogP contribution in [-0.2, 0) is 9.59 Å². The number of carbonyl (C=O) groups excluding carboxylic acids is 2. The van der Waals surface area contributed by atoms with Crippen LogP contribution in [0.2, 0.25) is 5.02 Å². The zero-order chi connectivity index (χ0) is 15.3. The topological polar surface area (TPSA) is 95.5 Å². The number of benzene rings is 1. The lowest BCUT2D eigenvalue weighted by molar-refractivity contribution is -0.131. The van der Waals surface area contributed by atoms with E-state index < -0.39 is 17.8 Å². The molecule has 1 aromatic rings. The molecule has 3 N–H and O–H groups in total. The second-order valence-corrected chi connectivity index (χ2v) is 4.32. The Kier molecular flexibility index (Phi) is 5.28. The lowest BCUT2D eigenvalue weighted by atomic mass is 10.1. The Bertz CT molecular complexity index is 596. The summed E-state index contributed by atoms with van der Waals surface area (Å²) in [5.74, 6) is -2.30. The first-order chi connectivity index (χ1) is 9.35. The SMILES string of the molecule is CNC(=O)c1cc(Cl)cc(C)c1NC(=O)/C=C\C(=O)O. The molecule has 0 aliphatic heterocycles. The Labute approximate surface area is 120 Å². The van der Waals surface area contributed by atoms with Crippen LogP contribution in [0.15, 0.2) is 24.3 Å². The lowest BCUT2D eigenvalue weighted by Gasteiger charge is -2.12. The summed E-state index contributed by atoms with van der Waals surface area (Å²) >= 11 is 5.88. The minimum absolute atomic E-state index is 0.203. The first-order valence-corrected chi connectivity index (χ1v) is 5.97. The van der Waals surface area contributed by atoms with Crippen molar-refractivity contribution in [3.8, 4) is 0 Å². The van der Waals surface area contributed by atoms with Gasteiger partial charge in [0.1, 0.15) is 0 Å². The number of carboxylic acids is 1. The van der Waals surface area contributed by atoms with Crippen molar-refractivity contribution in [3.63, 3.8) is 0 Å². The van der Waals surface area contributed by atoms with Crippen LogP contribution in [0.1, 0.15) is 15.9 Å². The summed E-state index contributed by atoms with van der Waals surface area (Å²) in [5.41, 5.74) is 1.08. The van der Waals surface area contributed by atoms with E-state index in [1.165, 1.54) is 13.1 Å². The van der Waals surface area contributed by atoms with Gasteiger partial charge < -0.3 is 15.7 Å². The highest BCUT2D eigenvalue weighted by Crippen LogP contribution is 2.25. The number of amides is 2. The average Bonchev–Trinajstić information content (AvgIpc) is 2.38. The van der Waals surface area contributed by atoms with Gasteiger partial charge in [-0.05, 0) is 24.6 Å². The molecule has 7 heteroatoms. The Morgan fingerprint density at radius 2 is 1.90 bits per heavy atom. The van der Waals surface area contributed by atoms with Gasteiger partial charge >= 0.3 is 5.97 Å². The highest BCUT2D eigenvalue weighted by atomic mass is 35.5. The normalized spacial score (nSPS) is 10.3. The molecule has 0 fully saturated rings. The molecule has 0 saturated heterocycles. The van der Waals surface area contributed by atoms with E-state index in [0.29, 0.717) is 16.7 Å². The molecule has 0 unspecified atom stereocenters. The van der Waals surface area contributed by atoms with E-state index in [2.05, 4.69) is 10.6 Å². The molecule has 0 aliphatic carbocycles. The molecule has 6 nitrogen and oxygen atoms in total. The molecule has 1 rings (SSSR count). The van der Waals surface area contributed by atoms with Crippen molar-refractivity contribution in [2.75, 3.05) is 12.4 Å². The van der Waals surface area contributed by atoms with Gasteiger partial charge in [0.05, 0.1) is 11.3 Å². The van der Waals surface area contributed by atoms with Crippen molar-refractivity contribution >= 4 is 35.1 Å². The van der Waals surface area contributed by atoms with Gasteiger partial charge in [-0.25, -0.2) is 4.79 Å². The smallest absolute Gasteiger partial charge is 0.328 e. The lowest BCUT2D eigenvalue weighted by Crippen LogP contribution is -2.21. The van der Waals surface area contributed by atoms with Gasteiger partial charge in [-0.1, -0.05) is 11.6 Å². The first-order valence-electron chi connectivity index (χ1n) is 5.59. The second-order valence-electron chi connectivity index (χ2n) is 3.89. The Balaban J connectivity index is 3.14. The number of aliphatic carboxylic acids is 1. The molecule has 0 bridgehead atoms. The zero-order valence-corrected chi connectivity index (χ0v) is 11.6. The number of hydrogen-bond donors (Lipinski definition) is 3. The quantitative estimate of drug-likeness (QED) is 0.735. The molecule has 0 atom stereocenters. The van der Waals surface area contributed by atoms with Crippen molar-refractivity contribution in [1.82, 2.24) is 5.32 Å². The fourth-order valence-corrected chi connectivity index (χ4v) is 1.81. The Hall–Kier alpha value is -2.34. The molecule has 106 valence electrons. The van der Waals surface area contributed by atoms with Crippen molar-refractivity contribution in [2.45, 2.75) is 6.92 Å². The third-order valence-electron chi connectivity index (χ3n) is 2.40. The molecular weight excluding hydrogens is 284 g/mol. The summed E-state index contributed by atoms with van der Waals surface area (Å²) in [7, 11) is 1.45. The van der Waals surface area contributed by atoms with Gasteiger partial charge in [0.15, 0.2) is 0 Å². The maximum atomic E-state index is 11.8. The highest BCUT2D eigenvalue weighted by Gasteiger charge is 2.15. The third kappa shape index (κ3) is 4.10. The molecule has 0 aliphatic rings. The van der Waals surface area contributed by atoms with E-state index >= 15 is 0 Å². The summed E-state index contributed by atoms with van der Waals surface area (Å²) in [6.45, 7) is 1.68. The van der Waals surface area contributed by atoms with E-state index in [1.807, 2.05) is 0 Å². The Morgan fingerprint density at radius 3 is 2.45 bits per heavy atom. The first kappa shape index (κ1) is 15.7.